The van der Waals surface area contributed by atoms with Crippen molar-refractivity contribution in [2.75, 3.05) is 0 Å². The van der Waals surface area contributed by atoms with Gasteiger partial charge in [0, 0.05) is 19.5 Å². The number of hydrogen-bond acceptors (Lipinski definition) is 0. The first kappa shape index (κ1) is 15.1. The van der Waals surface area contributed by atoms with E-state index in [2.05, 4.69) is 45.0 Å². The van der Waals surface area contributed by atoms with Gasteiger partial charge in [-0.2, -0.15) is 0 Å². The quantitative estimate of drug-likeness (QED) is 0.543. The van der Waals surface area contributed by atoms with Gasteiger partial charge in [0.2, 0.25) is 0 Å². The van der Waals surface area contributed by atoms with Crippen LogP contribution in [0.15, 0.2) is 0 Å². The van der Waals surface area contributed by atoms with Crippen LogP contribution in [-0.2, 0) is 19.5 Å². The average molecular weight is 301 g/mol. The fourth-order valence-electron chi connectivity index (χ4n) is 1.01. The topological polar surface area (TPSA) is 0 Å². The Kier molecular flexibility index (Phi) is 6.51. The molecule has 4 heteroatoms. The normalized spacial score (nSPS) is 13.1. The van der Waals surface area contributed by atoms with Crippen molar-refractivity contribution in [3.05, 3.63) is 5.71 Å². The molecular weight excluding hydrogens is 281 g/mol. The Morgan fingerprint density at radius 3 is 1.00 bits per heavy atom. The molecule has 11 heavy (non-hydrogen) atoms. The van der Waals surface area contributed by atoms with Gasteiger partial charge in [-0.3, -0.25) is 0 Å². The second kappa shape index (κ2) is 4.74. The minimum atomic E-state index is -0.800. The molecule has 0 aliphatic rings. The number of rotatable bonds is 2. The Morgan fingerprint density at radius 2 is 1.00 bits per heavy atom. The van der Waals surface area contributed by atoms with Gasteiger partial charge < -0.3 is 0 Å². The van der Waals surface area contributed by atoms with Crippen LogP contribution in [0, 0.1) is 5.71 Å². The molecule has 0 N–H and O–H groups in total. The van der Waals surface area contributed by atoms with E-state index < -0.39 is 26.4 Å². The van der Waals surface area contributed by atoms with Crippen LogP contribution < -0.4 is 0 Å². The molecule has 0 heterocycles. The molecule has 0 radical (unpaired) electrons. The van der Waals surface area contributed by atoms with Gasteiger partial charge in [0.05, 0.1) is 0 Å². The Morgan fingerprint density at radius 1 is 0.818 bits per heavy atom. The molecule has 0 unspecified atom stereocenters. The second-order valence-corrected chi connectivity index (χ2v) is 40.1. The van der Waals surface area contributed by atoms with Crippen LogP contribution in [-0.4, -0.2) is 26.4 Å². The molecule has 0 aliphatic heterocycles. The summed E-state index contributed by atoms with van der Waals surface area (Å²) >= 11 is -0.618. The van der Waals surface area contributed by atoms with Crippen molar-refractivity contribution in [3.8, 4) is 0 Å². The fourth-order valence-corrected chi connectivity index (χ4v) is 47.1. The number of hydrogen-bond donors (Lipinski definition) is 0. The summed E-state index contributed by atoms with van der Waals surface area (Å²) < 4.78 is 0. The van der Waals surface area contributed by atoms with Gasteiger partial charge in [-0.15, -0.1) is 0 Å². The molecule has 0 nitrogen and oxygen atoms in total. The zero-order valence-electron chi connectivity index (χ0n) is 8.86. The van der Waals surface area contributed by atoms with Crippen LogP contribution in [0.1, 0.15) is 0 Å². The smallest absolute Gasteiger partial charge is 0 e. The Labute approximate surface area is 90.4 Å². The predicted octanol–water partition coefficient (Wildman–Crippen LogP) is 2.69. The maximum absolute atomic E-state index is 4.45. The molecule has 0 fully saturated rings. The maximum atomic E-state index is 4.45. The SMILES string of the molecule is [CH2-][As]([Si](C)(C)C)[Si](C)(C)C.[Zn]. The largest absolute Gasteiger partial charge is 0 e. The summed E-state index contributed by atoms with van der Waals surface area (Å²) in [5.74, 6) is 0. The first-order valence-corrected chi connectivity index (χ1v) is 17.6. The van der Waals surface area contributed by atoms with Gasteiger partial charge in [-0.25, -0.2) is 0 Å². The summed E-state index contributed by atoms with van der Waals surface area (Å²) in [4.78, 5) is 0. The van der Waals surface area contributed by atoms with E-state index in [0.29, 0.717) is 0 Å². The molecular formula is C7H20AsSi2Zn-. The van der Waals surface area contributed by atoms with E-state index in [0.717, 1.165) is 0 Å². The van der Waals surface area contributed by atoms with Gasteiger partial charge in [-0.1, -0.05) is 0 Å². The predicted molar refractivity (Wildman–Crippen MR) is 57.8 cm³/mol. The zero-order chi connectivity index (χ0) is 8.58. The van der Waals surface area contributed by atoms with Crippen molar-refractivity contribution < 1.29 is 19.5 Å². The molecule has 0 saturated carbocycles. The zero-order valence-corrected chi connectivity index (χ0v) is 15.7. The van der Waals surface area contributed by atoms with E-state index in [9.17, 15) is 0 Å². The summed E-state index contributed by atoms with van der Waals surface area (Å²) in [5.41, 5.74) is 4.45. The first-order valence-electron chi connectivity index (χ1n) is 3.76. The van der Waals surface area contributed by atoms with Crippen LogP contribution in [0.4, 0.5) is 0 Å². The van der Waals surface area contributed by atoms with Crippen molar-refractivity contribution in [1.29, 1.82) is 0 Å². The van der Waals surface area contributed by atoms with Gasteiger partial charge in [0.25, 0.3) is 0 Å². The Hall–Kier alpha value is 1.62. The maximum Gasteiger partial charge on any atom is 0 e. The van der Waals surface area contributed by atoms with Gasteiger partial charge in [0.1, 0.15) is 0 Å². The molecule has 0 amide bonds. The molecule has 0 rings (SSSR count). The van der Waals surface area contributed by atoms with E-state index in [4.69, 9.17) is 0 Å². The van der Waals surface area contributed by atoms with E-state index >= 15 is 0 Å². The van der Waals surface area contributed by atoms with Crippen LogP contribution in [0.5, 0.6) is 0 Å². The summed E-state index contributed by atoms with van der Waals surface area (Å²) in [6.45, 7) is 13.3. The van der Waals surface area contributed by atoms with Crippen molar-refractivity contribution in [2.24, 2.45) is 0 Å². The molecule has 0 spiro atoms. The molecule has 0 aromatic heterocycles. The summed E-state index contributed by atoms with van der Waals surface area (Å²) in [6.07, 6.45) is 0. The molecule has 0 bridgehead atoms. The van der Waals surface area contributed by atoms with Crippen LogP contribution in [0.2, 0.25) is 39.3 Å². The third-order valence-electron chi connectivity index (χ3n) is 1.62. The van der Waals surface area contributed by atoms with Crippen molar-refractivity contribution in [3.63, 3.8) is 0 Å². The standard InChI is InChI=1S/C7H20AsSi2.Zn/c1-8(9(2,3)4)10(5,6)7;/h1H2,2-7H3;/q-1;. The van der Waals surface area contributed by atoms with Gasteiger partial charge in [-0.05, 0) is 0 Å². The second-order valence-electron chi connectivity index (χ2n) is 4.77. The average Bonchev–Trinajstić information content (AvgIpc) is 1.59. The minimum absolute atomic E-state index is 0. The minimum Gasteiger partial charge on any atom is 0 e. The van der Waals surface area contributed by atoms with Gasteiger partial charge in [0.15, 0.2) is 0 Å². The first-order chi connectivity index (χ1) is 4.15. The van der Waals surface area contributed by atoms with E-state index in [-0.39, 0.29) is 19.5 Å². The van der Waals surface area contributed by atoms with Crippen molar-refractivity contribution in [2.45, 2.75) is 39.3 Å². The third-order valence-corrected chi connectivity index (χ3v) is 46.2. The summed E-state index contributed by atoms with van der Waals surface area (Å²) in [5, 5.41) is 0. The van der Waals surface area contributed by atoms with Crippen LogP contribution >= 0.6 is 0 Å². The molecule has 0 aromatic carbocycles. The van der Waals surface area contributed by atoms with Gasteiger partial charge >= 0.3 is 71.4 Å². The summed E-state index contributed by atoms with van der Waals surface area (Å²) in [6, 6.07) is 0. The molecule has 0 aliphatic carbocycles. The van der Waals surface area contributed by atoms with E-state index in [1.807, 2.05) is 0 Å². The Balaban J connectivity index is 0. The molecule has 0 saturated heterocycles. The third kappa shape index (κ3) is 5.79. The summed E-state index contributed by atoms with van der Waals surface area (Å²) in [7, 11) is 0. The molecule has 64 valence electrons. The molecule has 0 atom stereocenters. The monoisotopic (exact) mass is 299 g/mol. The van der Waals surface area contributed by atoms with Crippen LogP contribution in [0.25, 0.3) is 0 Å². The molecule has 0 aromatic rings. The van der Waals surface area contributed by atoms with Crippen molar-refractivity contribution in [1.82, 2.24) is 0 Å². The fraction of sp³-hybridized carbons (Fsp3) is 0.857. The Bertz CT molecular complexity index is 101. The van der Waals surface area contributed by atoms with E-state index in [1.54, 1.807) is 0 Å². The van der Waals surface area contributed by atoms with Crippen molar-refractivity contribution >= 4 is 26.4 Å². The van der Waals surface area contributed by atoms with E-state index in [1.165, 1.54) is 0 Å². The van der Waals surface area contributed by atoms with Crippen LogP contribution in [0.3, 0.4) is 0 Å².